The molecule has 30 heavy (non-hydrogen) atoms. The maximum Gasteiger partial charge on any atom is 0.422 e. The van der Waals surface area contributed by atoms with Gasteiger partial charge in [0.15, 0.2) is 6.61 Å². The van der Waals surface area contributed by atoms with Crippen LogP contribution in [-0.2, 0) is 11.2 Å². The number of carbonyl (C=O) groups is 1. The minimum Gasteiger partial charge on any atom is -0.506 e. The lowest BCUT2D eigenvalue weighted by atomic mass is 9.96. The van der Waals surface area contributed by atoms with Gasteiger partial charge in [-0.25, -0.2) is 4.68 Å². The lowest BCUT2D eigenvalue weighted by Gasteiger charge is -2.13. The van der Waals surface area contributed by atoms with Gasteiger partial charge in [0.1, 0.15) is 23.0 Å². The van der Waals surface area contributed by atoms with Gasteiger partial charge in [-0.05, 0) is 35.9 Å². The summed E-state index contributed by atoms with van der Waals surface area (Å²) in [6, 6.07) is 9.67. The molecule has 0 spiro atoms. The van der Waals surface area contributed by atoms with Gasteiger partial charge in [0.25, 0.3) is 0 Å². The standard InChI is InChI=1S/C21H20F3N3O3/c1-14(18-5-4-17(12-25-18)30-13-21(22,23)24)9-16(28)10-15-3-6-19(20(29)11-15)27-8-2-7-26-27/h2-8,11-12,14,29H,9-10,13H2,1H3/t14-/m0/s1. The number of pyridine rings is 1. The van der Waals surface area contributed by atoms with Crippen LogP contribution in [0.1, 0.15) is 30.5 Å². The van der Waals surface area contributed by atoms with E-state index in [0.717, 1.165) is 0 Å². The molecule has 0 fully saturated rings. The molecule has 0 aliphatic rings. The van der Waals surface area contributed by atoms with Crippen molar-refractivity contribution in [1.29, 1.82) is 0 Å². The fourth-order valence-corrected chi connectivity index (χ4v) is 2.96. The van der Waals surface area contributed by atoms with E-state index < -0.39 is 12.8 Å². The Morgan fingerprint density at radius 3 is 2.67 bits per heavy atom. The first-order valence-corrected chi connectivity index (χ1v) is 9.20. The van der Waals surface area contributed by atoms with Gasteiger partial charge >= 0.3 is 6.18 Å². The number of hydrogen-bond donors (Lipinski definition) is 1. The number of ether oxygens (including phenoxy) is 1. The minimum atomic E-state index is -4.41. The predicted molar refractivity (Wildman–Crippen MR) is 103 cm³/mol. The SMILES string of the molecule is C[C@@H](CC(=O)Cc1ccc(-n2cccn2)c(O)c1)c1ccc(OCC(F)(F)F)cn1. The zero-order chi connectivity index (χ0) is 21.7. The average Bonchev–Trinajstić information content (AvgIpc) is 3.20. The summed E-state index contributed by atoms with van der Waals surface area (Å²) in [6.07, 6.45) is 0.453. The lowest BCUT2D eigenvalue weighted by Crippen LogP contribution is -2.19. The summed E-state index contributed by atoms with van der Waals surface area (Å²) in [7, 11) is 0. The highest BCUT2D eigenvalue weighted by molar-refractivity contribution is 5.81. The normalized spacial score (nSPS) is 12.5. The highest BCUT2D eigenvalue weighted by Crippen LogP contribution is 2.25. The Labute approximate surface area is 170 Å². The highest BCUT2D eigenvalue weighted by Gasteiger charge is 2.28. The van der Waals surface area contributed by atoms with E-state index >= 15 is 0 Å². The average molecular weight is 419 g/mol. The summed E-state index contributed by atoms with van der Waals surface area (Å²) in [5.74, 6) is -0.227. The van der Waals surface area contributed by atoms with E-state index in [1.807, 2.05) is 6.92 Å². The first kappa shape index (κ1) is 21.4. The fourth-order valence-electron chi connectivity index (χ4n) is 2.96. The van der Waals surface area contributed by atoms with Gasteiger partial charge < -0.3 is 9.84 Å². The Balaban J connectivity index is 1.56. The van der Waals surface area contributed by atoms with Crippen molar-refractivity contribution in [1.82, 2.24) is 14.8 Å². The van der Waals surface area contributed by atoms with E-state index in [9.17, 15) is 23.1 Å². The van der Waals surface area contributed by atoms with Crippen LogP contribution >= 0.6 is 0 Å². The number of aromatic hydroxyl groups is 1. The molecule has 0 aliphatic heterocycles. The van der Waals surface area contributed by atoms with Crippen LogP contribution in [0.25, 0.3) is 5.69 Å². The van der Waals surface area contributed by atoms with Crippen molar-refractivity contribution in [2.75, 3.05) is 6.61 Å². The van der Waals surface area contributed by atoms with Crippen LogP contribution in [-0.4, -0.2) is 38.4 Å². The molecule has 0 unspecified atom stereocenters. The molecule has 0 aliphatic carbocycles. The zero-order valence-corrected chi connectivity index (χ0v) is 16.1. The van der Waals surface area contributed by atoms with Crippen LogP contribution in [0.5, 0.6) is 11.5 Å². The number of Topliss-reactive ketones (excluding diaryl/α,β-unsaturated/α-hetero) is 1. The number of carbonyl (C=O) groups excluding carboxylic acids is 1. The molecule has 9 heteroatoms. The van der Waals surface area contributed by atoms with Gasteiger partial charge in [0.05, 0.1) is 6.20 Å². The fraction of sp³-hybridized carbons (Fsp3) is 0.286. The number of ketones is 1. The maximum absolute atomic E-state index is 12.4. The smallest absolute Gasteiger partial charge is 0.422 e. The topological polar surface area (TPSA) is 77.2 Å². The molecule has 3 aromatic rings. The summed E-state index contributed by atoms with van der Waals surface area (Å²) in [6.45, 7) is 0.433. The summed E-state index contributed by atoms with van der Waals surface area (Å²) in [5.41, 5.74) is 1.77. The van der Waals surface area contributed by atoms with Gasteiger partial charge in [-0.2, -0.15) is 18.3 Å². The molecule has 0 bridgehead atoms. The number of phenolic OH excluding ortho intramolecular Hbond substituents is 1. The van der Waals surface area contributed by atoms with E-state index in [4.69, 9.17) is 0 Å². The van der Waals surface area contributed by atoms with Gasteiger partial charge in [0.2, 0.25) is 0 Å². The third-order valence-electron chi connectivity index (χ3n) is 4.39. The summed E-state index contributed by atoms with van der Waals surface area (Å²) in [4.78, 5) is 16.5. The highest BCUT2D eigenvalue weighted by atomic mass is 19.4. The monoisotopic (exact) mass is 419 g/mol. The Morgan fingerprint density at radius 2 is 2.07 bits per heavy atom. The number of alkyl halides is 3. The molecule has 0 saturated carbocycles. The van der Waals surface area contributed by atoms with Gasteiger partial charge in [-0.1, -0.05) is 13.0 Å². The first-order valence-electron chi connectivity index (χ1n) is 9.20. The number of rotatable bonds is 8. The van der Waals surface area contributed by atoms with Crippen LogP contribution in [0.3, 0.4) is 0 Å². The van der Waals surface area contributed by atoms with Gasteiger partial charge in [-0.15, -0.1) is 0 Å². The van der Waals surface area contributed by atoms with E-state index in [2.05, 4.69) is 14.8 Å². The Bertz CT molecular complexity index is 987. The number of aromatic nitrogens is 3. The minimum absolute atomic E-state index is 0.0161. The molecule has 158 valence electrons. The largest absolute Gasteiger partial charge is 0.506 e. The second-order valence-electron chi connectivity index (χ2n) is 6.92. The van der Waals surface area contributed by atoms with Crippen molar-refractivity contribution < 1.29 is 27.8 Å². The van der Waals surface area contributed by atoms with E-state index in [0.29, 0.717) is 16.9 Å². The number of hydrogen-bond acceptors (Lipinski definition) is 5. The van der Waals surface area contributed by atoms with Crippen molar-refractivity contribution in [3.05, 3.63) is 66.2 Å². The first-order chi connectivity index (χ1) is 14.2. The summed E-state index contributed by atoms with van der Waals surface area (Å²) in [5, 5.41) is 14.3. The van der Waals surface area contributed by atoms with Crippen LogP contribution in [0.15, 0.2) is 55.0 Å². The molecule has 1 aromatic carbocycles. The summed E-state index contributed by atoms with van der Waals surface area (Å²) < 4.78 is 42.7. The molecule has 2 heterocycles. The molecule has 0 saturated heterocycles. The van der Waals surface area contributed by atoms with Crippen LogP contribution in [0.2, 0.25) is 0 Å². The Kier molecular flexibility index (Phi) is 6.39. The molecule has 1 N–H and O–H groups in total. The number of benzene rings is 1. The van der Waals surface area contributed by atoms with Crippen molar-refractivity contribution >= 4 is 5.78 Å². The molecular formula is C21H20F3N3O3. The van der Waals surface area contributed by atoms with E-state index in [1.54, 1.807) is 36.7 Å². The Morgan fingerprint density at radius 1 is 1.27 bits per heavy atom. The van der Waals surface area contributed by atoms with Crippen molar-refractivity contribution in [3.8, 4) is 17.2 Å². The molecule has 2 aromatic heterocycles. The van der Waals surface area contributed by atoms with Crippen molar-refractivity contribution in [3.63, 3.8) is 0 Å². The molecular weight excluding hydrogens is 399 g/mol. The third-order valence-corrected chi connectivity index (χ3v) is 4.39. The van der Waals surface area contributed by atoms with Gasteiger partial charge in [-0.3, -0.25) is 9.78 Å². The van der Waals surface area contributed by atoms with Crippen molar-refractivity contribution in [2.24, 2.45) is 0 Å². The molecule has 1 atom stereocenters. The second kappa shape index (κ2) is 8.98. The van der Waals surface area contributed by atoms with Crippen LogP contribution in [0.4, 0.5) is 13.2 Å². The second-order valence-corrected chi connectivity index (χ2v) is 6.92. The maximum atomic E-state index is 12.4. The Hall–Kier alpha value is -3.36. The zero-order valence-electron chi connectivity index (χ0n) is 16.1. The summed E-state index contributed by atoms with van der Waals surface area (Å²) >= 11 is 0. The molecule has 0 radical (unpaired) electrons. The van der Waals surface area contributed by atoms with E-state index in [-0.39, 0.29) is 36.0 Å². The molecule has 0 amide bonds. The number of phenols is 1. The predicted octanol–water partition coefficient (Wildman–Crippen LogP) is 4.22. The van der Waals surface area contributed by atoms with E-state index in [1.165, 1.54) is 23.0 Å². The quantitative estimate of drug-likeness (QED) is 0.592. The van der Waals surface area contributed by atoms with Crippen molar-refractivity contribution in [2.45, 2.75) is 31.9 Å². The van der Waals surface area contributed by atoms with Crippen LogP contribution in [0, 0.1) is 0 Å². The number of halogens is 3. The lowest BCUT2D eigenvalue weighted by molar-refractivity contribution is -0.153. The third kappa shape index (κ3) is 5.82. The number of nitrogens with zero attached hydrogens (tertiary/aromatic N) is 3. The molecule has 6 nitrogen and oxygen atoms in total. The van der Waals surface area contributed by atoms with Crippen LogP contribution < -0.4 is 4.74 Å². The molecule has 3 rings (SSSR count). The van der Waals surface area contributed by atoms with Gasteiger partial charge in [0, 0.05) is 36.8 Å².